The molecule has 6 heteroatoms. The molecule has 1 heterocycles. The minimum atomic E-state index is -0.536. The number of aromatic nitrogens is 1. The fraction of sp³-hybridized carbons (Fsp3) is 0.250. The predicted octanol–water partition coefficient (Wildman–Crippen LogP) is 1.28. The molecule has 0 aromatic carbocycles. The summed E-state index contributed by atoms with van der Waals surface area (Å²) < 4.78 is 5.02. The average molecular weight is 193 g/mol. The summed E-state index contributed by atoms with van der Waals surface area (Å²) >= 11 is 0. The third kappa shape index (κ3) is 2.71. The van der Waals surface area contributed by atoms with Crippen LogP contribution in [0.4, 0.5) is 5.69 Å². The Hall–Kier alpha value is -2.16. The first kappa shape index (κ1) is 9.92. The fourth-order valence-corrected chi connectivity index (χ4v) is 0.767. The highest BCUT2D eigenvalue weighted by Crippen LogP contribution is 2.13. The Kier molecular flexibility index (Phi) is 3.38. The lowest BCUT2D eigenvalue weighted by atomic mass is 10.4. The van der Waals surface area contributed by atoms with Crippen LogP contribution in [0.5, 0.6) is 5.88 Å². The van der Waals surface area contributed by atoms with Gasteiger partial charge in [0.15, 0.2) is 0 Å². The van der Waals surface area contributed by atoms with Crippen molar-refractivity contribution >= 4 is 5.69 Å². The molecule has 0 unspecified atom stereocenters. The van der Waals surface area contributed by atoms with Crippen molar-refractivity contribution in [2.75, 3.05) is 6.61 Å². The number of nitrogens with zero attached hydrogens (tertiary/aromatic N) is 3. The van der Waals surface area contributed by atoms with Crippen LogP contribution in [0.1, 0.15) is 6.42 Å². The van der Waals surface area contributed by atoms with Gasteiger partial charge in [0.25, 0.3) is 5.69 Å². The number of ether oxygens (including phenoxy) is 1. The molecule has 0 bridgehead atoms. The van der Waals surface area contributed by atoms with E-state index in [9.17, 15) is 10.1 Å². The van der Waals surface area contributed by atoms with Gasteiger partial charge in [-0.15, -0.1) is 0 Å². The number of hydrogen-bond acceptors (Lipinski definition) is 5. The largest absolute Gasteiger partial charge is 0.477 e. The van der Waals surface area contributed by atoms with Crippen LogP contribution in [0.25, 0.3) is 0 Å². The van der Waals surface area contributed by atoms with E-state index in [1.807, 2.05) is 6.07 Å². The van der Waals surface area contributed by atoms with Gasteiger partial charge in [-0.2, -0.15) is 5.26 Å². The van der Waals surface area contributed by atoms with Crippen LogP contribution in [-0.4, -0.2) is 16.5 Å². The Morgan fingerprint density at radius 1 is 1.64 bits per heavy atom. The van der Waals surface area contributed by atoms with E-state index in [-0.39, 0.29) is 24.6 Å². The summed E-state index contributed by atoms with van der Waals surface area (Å²) in [7, 11) is 0. The molecule has 0 N–H and O–H groups in total. The molecular formula is C8H7N3O3. The number of nitriles is 1. The van der Waals surface area contributed by atoms with Gasteiger partial charge in [-0.1, -0.05) is 0 Å². The summed E-state index contributed by atoms with van der Waals surface area (Å²) in [4.78, 5) is 13.4. The van der Waals surface area contributed by atoms with Crippen molar-refractivity contribution in [1.82, 2.24) is 4.98 Å². The van der Waals surface area contributed by atoms with Gasteiger partial charge in [0.2, 0.25) is 5.88 Å². The quantitative estimate of drug-likeness (QED) is 0.408. The molecule has 1 aromatic rings. The van der Waals surface area contributed by atoms with Crippen molar-refractivity contribution in [2.45, 2.75) is 6.42 Å². The second kappa shape index (κ2) is 4.77. The average Bonchev–Trinajstić information content (AvgIpc) is 2.19. The number of hydrogen-bond donors (Lipinski definition) is 0. The van der Waals surface area contributed by atoms with Crippen molar-refractivity contribution in [3.8, 4) is 11.9 Å². The maximum atomic E-state index is 10.3. The molecule has 0 spiro atoms. The Labute approximate surface area is 79.9 Å². The number of nitro groups is 1. The van der Waals surface area contributed by atoms with Gasteiger partial charge in [-0.05, 0) is 0 Å². The highest BCUT2D eigenvalue weighted by atomic mass is 16.6. The summed E-state index contributed by atoms with van der Waals surface area (Å²) in [5.74, 6) is 0.283. The Balaban J connectivity index is 2.56. The van der Waals surface area contributed by atoms with E-state index in [0.29, 0.717) is 0 Å². The molecule has 1 rings (SSSR count). The van der Waals surface area contributed by atoms with Crippen LogP contribution in [0.3, 0.4) is 0 Å². The van der Waals surface area contributed by atoms with E-state index < -0.39 is 4.92 Å². The van der Waals surface area contributed by atoms with Crippen LogP contribution in [0.2, 0.25) is 0 Å². The number of rotatable bonds is 4. The van der Waals surface area contributed by atoms with E-state index in [4.69, 9.17) is 10.00 Å². The van der Waals surface area contributed by atoms with Gasteiger partial charge in [-0.3, -0.25) is 10.1 Å². The lowest BCUT2D eigenvalue weighted by Crippen LogP contribution is -1.98. The fourth-order valence-electron chi connectivity index (χ4n) is 0.767. The molecule has 72 valence electrons. The third-order valence-corrected chi connectivity index (χ3v) is 1.40. The van der Waals surface area contributed by atoms with E-state index >= 15 is 0 Å². The molecule has 0 saturated carbocycles. The monoisotopic (exact) mass is 193 g/mol. The highest BCUT2D eigenvalue weighted by molar-refractivity contribution is 5.28. The maximum Gasteiger partial charge on any atom is 0.287 e. The Morgan fingerprint density at radius 3 is 2.93 bits per heavy atom. The maximum absolute atomic E-state index is 10.3. The van der Waals surface area contributed by atoms with E-state index in [1.54, 1.807) is 0 Å². The highest BCUT2D eigenvalue weighted by Gasteiger charge is 2.05. The van der Waals surface area contributed by atoms with Crippen molar-refractivity contribution < 1.29 is 9.66 Å². The SMILES string of the molecule is N#CCCOc1ccc([N+](=O)[O-])cn1. The smallest absolute Gasteiger partial charge is 0.287 e. The molecule has 14 heavy (non-hydrogen) atoms. The van der Waals surface area contributed by atoms with Crippen LogP contribution < -0.4 is 4.74 Å². The summed E-state index contributed by atoms with van der Waals surface area (Å²) in [5.41, 5.74) is -0.0855. The first-order valence-electron chi connectivity index (χ1n) is 3.84. The first-order chi connectivity index (χ1) is 6.74. The Morgan fingerprint density at radius 2 is 2.43 bits per heavy atom. The molecule has 0 fully saturated rings. The molecule has 0 saturated heterocycles. The molecule has 0 radical (unpaired) electrons. The zero-order valence-electron chi connectivity index (χ0n) is 7.21. The Bertz CT molecular complexity index is 355. The molecule has 0 aliphatic carbocycles. The second-order valence-corrected chi connectivity index (χ2v) is 2.37. The van der Waals surface area contributed by atoms with E-state index in [0.717, 1.165) is 6.20 Å². The van der Waals surface area contributed by atoms with Gasteiger partial charge in [0.05, 0.1) is 17.4 Å². The van der Waals surface area contributed by atoms with Gasteiger partial charge < -0.3 is 4.74 Å². The topological polar surface area (TPSA) is 89.0 Å². The summed E-state index contributed by atoms with van der Waals surface area (Å²) in [6, 6.07) is 4.61. The van der Waals surface area contributed by atoms with Gasteiger partial charge in [-0.25, -0.2) is 4.98 Å². The standard InChI is InChI=1S/C8H7N3O3/c9-4-1-5-14-8-3-2-7(6-10-8)11(12)13/h2-3,6H,1,5H2. The number of pyridine rings is 1. The lowest BCUT2D eigenvalue weighted by molar-refractivity contribution is -0.385. The summed E-state index contributed by atoms with van der Waals surface area (Å²) in [6.45, 7) is 0.237. The van der Waals surface area contributed by atoms with Gasteiger partial charge in [0.1, 0.15) is 12.8 Å². The summed E-state index contributed by atoms with van der Waals surface area (Å²) in [6.07, 6.45) is 1.38. The summed E-state index contributed by atoms with van der Waals surface area (Å²) in [5, 5.41) is 18.5. The molecule has 0 aliphatic rings. The van der Waals surface area contributed by atoms with Crippen molar-refractivity contribution in [2.24, 2.45) is 0 Å². The third-order valence-electron chi connectivity index (χ3n) is 1.40. The van der Waals surface area contributed by atoms with E-state index in [2.05, 4.69) is 4.98 Å². The zero-order chi connectivity index (χ0) is 10.4. The minimum Gasteiger partial charge on any atom is -0.477 e. The van der Waals surface area contributed by atoms with Crippen molar-refractivity contribution in [1.29, 1.82) is 5.26 Å². The molecule has 6 nitrogen and oxygen atoms in total. The van der Waals surface area contributed by atoms with Gasteiger partial charge >= 0.3 is 0 Å². The van der Waals surface area contributed by atoms with Crippen LogP contribution in [-0.2, 0) is 0 Å². The lowest BCUT2D eigenvalue weighted by Gasteiger charge is -2.00. The first-order valence-corrected chi connectivity index (χ1v) is 3.84. The van der Waals surface area contributed by atoms with Crippen molar-refractivity contribution in [3.63, 3.8) is 0 Å². The normalized spacial score (nSPS) is 9.07. The molecule has 0 aliphatic heterocycles. The minimum absolute atomic E-state index is 0.0855. The molecular weight excluding hydrogens is 186 g/mol. The van der Waals surface area contributed by atoms with Crippen LogP contribution in [0.15, 0.2) is 18.3 Å². The van der Waals surface area contributed by atoms with Gasteiger partial charge in [0, 0.05) is 12.1 Å². The van der Waals surface area contributed by atoms with Crippen LogP contribution in [0, 0.1) is 21.4 Å². The molecule has 0 atom stereocenters. The van der Waals surface area contributed by atoms with Crippen molar-refractivity contribution in [3.05, 3.63) is 28.4 Å². The molecule has 0 amide bonds. The van der Waals surface area contributed by atoms with Crippen LogP contribution >= 0.6 is 0 Å². The predicted molar refractivity (Wildman–Crippen MR) is 46.6 cm³/mol. The second-order valence-electron chi connectivity index (χ2n) is 2.37. The zero-order valence-corrected chi connectivity index (χ0v) is 7.21. The van der Waals surface area contributed by atoms with E-state index in [1.165, 1.54) is 12.1 Å². The molecule has 1 aromatic heterocycles.